The Labute approximate surface area is 158 Å². The van der Waals surface area contributed by atoms with Gasteiger partial charge in [-0.3, -0.25) is 9.69 Å². The molecule has 0 atom stereocenters. The lowest BCUT2D eigenvalue weighted by molar-refractivity contribution is 0.0981. The van der Waals surface area contributed by atoms with Gasteiger partial charge >= 0.3 is 0 Å². The number of nitrogens with zero attached hydrogens (tertiary/aromatic N) is 2. The summed E-state index contributed by atoms with van der Waals surface area (Å²) >= 11 is 1.35. The summed E-state index contributed by atoms with van der Waals surface area (Å²) in [6, 6.07) is 19.9. The Morgan fingerprint density at radius 1 is 0.963 bits per heavy atom. The van der Waals surface area contributed by atoms with Gasteiger partial charge in [-0.1, -0.05) is 53.8 Å². The smallest absolute Gasteiger partial charge is 0.263 e. The maximum Gasteiger partial charge on any atom is 0.263 e. The van der Waals surface area contributed by atoms with Crippen LogP contribution in [0.2, 0.25) is 0 Å². The molecule has 0 fully saturated rings. The first-order valence-corrected chi connectivity index (χ1v) is 9.10. The minimum Gasteiger partial charge on any atom is -0.279 e. The Morgan fingerprint density at radius 3 is 2.44 bits per heavy atom. The van der Waals surface area contributed by atoms with Crippen LogP contribution in [0.4, 0.5) is 13.9 Å². The fourth-order valence-corrected chi connectivity index (χ4v) is 3.74. The molecule has 0 unspecified atom stereocenters. The van der Waals surface area contributed by atoms with E-state index in [1.807, 2.05) is 54.6 Å². The van der Waals surface area contributed by atoms with Crippen LogP contribution >= 0.6 is 11.3 Å². The Hall–Kier alpha value is -3.12. The van der Waals surface area contributed by atoms with Crippen molar-refractivity contribution in [1.82, 2.24) is 4.98 Å². The van der Waals surface area contributed by atoms with Gasteiger partial charge in [0, 0.05) is 6.07 Å². The van der Waals surface area contributed by atoms with Crippen molar-refractivity contribution in [3.8, 4) is 0 Å². The first-order chi connectivity index (χ1) is 13.1. The van der Waals surface area contributed by atoms with Crippen molar-refractivity contribution in [3.63, 3.8) is 0 Å². The summed E-state index contributed by atoms with van der Waals surface area (Å²) < 4.78 is 28.4. The molecular formula is C21H14F2N2OS. The van der Waals surface area contributed by atoms with E-state index in [2.05, 4.69) is 4.98 Å². The van der Waals surface area contributed by atoms with Gasteiger partial charge in [0.15, 0.2) is 5.13 Å². The molecule has 0 saturated heterocycles. The van der Waals surface area contributed by atoms with Crippen LogP contribution < -0.4 is 4.90 Å². The topological polar surface area (TPSA) is 33.2 Å². The minimum atomic E-state index is -0.890. The van der Waals surface area contributed by atoms with Gasteiger partial charge in [-0.15, -0.1) is 0 Å². The number of carbonyl (C=O) groups is 1. The van der Waals surface area contributed by atoms with E-state index in [1.54, 1.807) is 0 Å². The lowest BCUT2D eigenvalue weighted by Gasteiger charge is -2.20. The number of benzene rings is 3. The molecule has 0 aliphatic carbocycles. The molecule has 6 heteroatoms. The maximum atomic E-state index is 14.2. The zero-order chi connectivity index (χ0) is 18.8. The molecule has 0 aliphatic rings. The Morgan fingerprint density at radius 2 is 1.70 bits per heavy atom. The second-order valence-electron chi connectivity index (χ2n) is 5.97. The van der Waals surface area contributed by atoms with E-state index in [0.717, 1.165) is 27.9 Å². The van der Waals surface area contributed by atoms with E-state index in [4.69, 9.17) is 0 Å². The highest BCUT2D eigenvalue weighted by molar-refractivity contribution is 7.22. The molecule has 134 valence electrons. The van der Waals surface area contributed by atoms with Gasteiger partial charge in [-0.2, -0.15) is 0 Å². The molecule has 4 aromatic rings. The van der Waals surface area contributed by atoms with Gasteiger partial charge in [-0.25, -0.2) is 13.8 Å². The number of para-hydroxylation sites is 1. The number of thiazole rings is 1. The molecule has 0 radical (unpaired) electrons. The summed E-state index contributed by atoms with van der Waals surface area (Å²) in [5, 5.41) is 0.466. The molecule has 0 spiro atoms. The van der Waals surface area contributed by atoms with E-state index < -0.39 is 17.5 Å². The van der Waals surface area contributed by atoms with Crippen molar-refractivity contribution >= 4 is 32.6 Å². The first kappa shape index (κ1) is 17.3. The summed E-state index contributed by atoms with van der Waals surface area (Å²) in [6.45, 7) is 0.232. The Kier molecular flexibility index (Phi) is 4.64. The molecule has 4 rings (SSSR count). The van der Waals surface area contributed by atoms with Crippen LogP contribution in [-0.2, 0) is 6.54 Å². The second-order valence-corrected chi connectivity index (χ2v) is 6.97. The number of rotatable bonds is 4. The number of aromatic nitrogens is 1. The Bertz CT molecular complexity index is 1080. The van der Waals surface area contributed by atoms with Gasteiger partial charge in [-0.05, 0) is 29.8 Å². The van der Waals surface area contributed by atoms with Crippen molar-refractivity contribution in [2.24, 2.45) is 0 Å². The molecular weight excluding hydrogens is 366 g/mol. The van der Waals surface area contributed by atoms with Gasteiger partial charge in [0.25, 0.3) is 5.91 Å². The highest BCUT2D eigenvalue weighted by atomic mass is 32.1. The monoisotopic (exact) mass is 380 g/mol. The standard InChI is InChI=1S/C21H14F2N2OS/c22-15-10-11-16(17(23)12-15)20(26)25(13-14-6-2-1-3-7-14)21-24-18-8-4-5-9-19(18)27-21/h1-12H,13H2. The van der Waals surface area contributed by atoms with E-state index in [-0.39, 0.29) is 12.1 Å². The number of anilines is 1. The fraction of sp³-hybridized carbons (Fsp3) is 0.0476. The Balaban J connectivity index is 1.78. The molecule has 3 aromatic carbocycles. The number of amides is 1. The average Bonchev–Trinajstić information content (AvgIpc) is 3.10. The van der Waals surface area contributed by atoms with Gasteiger partial charge in [0.05, 0.1) is 22.3 Å². The van der Waals surface area contributed by atoms with Crippen LogP contribution in [0, 0.1) is 11.6 Å². The van der Waals surface area contributed by atoms with E-state index in [1.165, 1.54) is 16.2 Å². The molecule has 3 nitrogen and oxygen atoms in total. The van der Waals surface area contributed by atoms with E-state index >= 15 is 0 Å². The highest BCUT2D eigenvalue weighted by Gasteiger charge is 2.24. The molecule has 0 aliphatic heterocycles. The van der Waals surface area contributed by atoms with Crippen molar-refractivity contribution in [2.75, 3.05) is 4.90 Å². The summed E-state index contributed by atoms with van der Waals surface area (Å²) in [7, 11) is 0. The molecule has 27 heavy (non-hydrogen) atoms. The van der Waals surface area contributed by atoms with Gasteiger partial charge < -0.3 is 0 Å². The van der Waals surface area contributed by atoms with Crippen molar-refractivity contribution < 1.29 is 13.6 Å². The molecule has 0 N–H and O–H groups in total. The SMILES string of the molecule is O=C(c1ccc(F)cc1F)N(Cc1ccccc1)c1nc2ccccc2s1. The first-order valence-electron chi connectivity index (χ1n) is 8.28. The molecule has 1 aromatic heterocycles. The van der Waals surface area contributed by atoms with Crippen LogP contribution in [0.1, 0.15) is 15.9 Å². The van der Waals surface area contributed by atoms with Crippen molar-refractivity contribution in [2.45, 2.75) is 6.54 Å². The lowest BCUT2D eigenvalue weighted by Crippen LogP contribution is -2.31. The average molecular weight is 380 g/mol. The minimum absolute atomic E-state index is 0.188. The van der Waals surface area contributed by atoms with E-state index in [9.17, 15) is 13.6 Å². The third kappa shape index (κ3) is 3.57. The predicted octanol–water partition coefficient (Wildman–Crippen LogP) is 5.42. The third-order valence-corrected chi connectivity index (χ3v) is 5.16. The van der Waals surface area contributed by atoms with Crippen LogP contribution in [0.5, 0.6) is 0 Å². The quantitative estimate of drug-likeness (QED) is 0.474. The van der Waals surface area contributed by atoms with Gasteiger partial charge in [0.1, 0.15) is 11.6 Å². The fourth-order valence-electron chi connectivity index (χ4n) is 2.78. The van der Waals surface area contributed by atoms with Crippen molar-refractivity contribution in [3.05, 3.63) is 95.6 Å². The normalized spacial score (nSPS) is 10.9. The molecule has 1 heterocycles. The van der Waals surface area contributed by atoms with Gasteiger partial charge in [0.2, 0.25) is 0 Å². The summed E-state index contributed by atoms with van der Waals surface area (Å²) in [6.07, 6.45) is 0. The highest BCUT2D eigenvalue weighted by Crippen LogP contribution is 2.31. The number of carbonyl (C=O) groups excluding carboxylic acids is 1. The molecule has 0 saturated carbocycles. The zero-order valence-corrected chi connectivity index (χ0v) is 14.9. The van der Waals surface area contributed by atoms with Crippen LogP contribution in [-0.4, -0.2) is 10.9 Å². The summed E-state index contributed by atoms with van der Waals surface area (Å²) in [5.41, 5.74) is 1.46. The van der Waals surface area contributed by atoms with Crippen LogP contribution in [0.25, 0.3) is 10.2 Å². The molecule has 0 bridgehead atoms. The molecule has 1 amide bonds. The third-order valence-electron chi connectivity index (χ3n) is 4.10. The van der Waals surface area contributed by atoms with Crippen molar-refractivity contribution in [1.29, 1.82) is 0 Å². The largest absolute Gasteiger partial charge is 0.279 e. The second kappa shape index (κ2) is 7.25. The predicted molar refractivity (Wildman–Crippen MR) is 103 cm³/mol. The summed E-state index contributed by atoms with van der Waals surface area (Å²) in [4.78, 5) is 19.0. The lowest BCUT2D eigenvalue weighted by atomic mass is 10.1. The summed E-state index contributed by atoms with van der Waals surface area (Å²) in [5.74, 6) is -2.17. The number of hydrogen-bond donors (Lipinski definition) is 0. The number of hydrogen-bond acceptors (Lipinski definition) is 3. The number of fused-ring (bicyclic) bond motifs is 1. The van der Waals surface area contributed by atoms with E-state index in [0.29, 0.717) is 11.2 Å². The van der Waals surface area contributed by atoms with Crippen LogP contribution in [0.15, 0.2) is 72.8 Å². The maximum absolute atomic E-state index is 14.2. The van der Waals surface area contributed by atoms with Crippen LogP contribution in [0.3, 0.4) is 0 Å². The zero-order valence-electron chi connectivity index (χ0n) is 14.1. The number of halogens is 2.